The molecular formula is C24H19N5O2. The van der Waals surface area contributed by atoms with Crippen LogP contribution in [-0.2, 0) is 6.54 Å². The second kappa shape index (κ2) is 7.53. The van der Waals surface area contributed by atoms with E-state index in [1.54, 1.807) is 28.9 Å². The van der Waals surface area contributed by atoms with Gasteiger partial charge in [0, 0.05) is 17.1 Å². The SMILES string of the molecule is CC(=O)c1ccn2c(C(=O)Nc3cccc4c3cnn4Cc3ccccc3)cnc2c1. The number of hydrogen-bond acceptors (Lipinski definition) is 4. The third-order valence-corrected chi connectivity index (χ3v) is 5.26. The molecule has 0 spiro atoms. The van der Waals surface area contributed by atoms with Crippen LogP contribution in [0.4, 0.5) is 5.69 Å². The summed E-state index contributed by atoms with van der Waals surface area (Å²) in [5.74, 6) is -0.331. The Labute approximate surface area is 178 Å². The van der Waals surface area contributed by atoms with Gasteiger partial charge in [0.1, 0.15) is 11.3 Å². The molecule has 5 rings (SSSR count). The van der Waals surface area contributed by atoms with E-state index in [0.29, 0.717) is 29.1 Å². The molecular weight excluding hydrogens is 390 g/mol. The number of imidazole rings is 1. The van der Waals surface area contributed by atoms with Gasteiger partial charge in [0.25, 0.3) is 5.91 Å². The van der Waals surface area contributed by atoms with E-state index < -0.39 is 0 Å². The summed E-state index contributed by atoms with van der Waals surface area (Å²) in [7, 11) is 0. The molecule has 3 heterocycles. The minimum atomic E-state index is -0.286. The molecule has 0 fully saturated rings. The zero-order valence-electron chi connectivity index (χ0n) is 16.8. The Morgan fingerprint density at radius 3 is 2.65 bits per heavy atom. The van der Waals surface area contributed by atoms with Crippen LogP contribution in [0.1, 0.15) is 33.3 Å². The predicted octanol–water partition coefficient (Wildman–Crippen LogP) is 4.19. The number of nitrogens with one attached hydrogen (secondary N) is 1. The summed E-state index contributed by atoms with van der Waals surface area (Å²) in [4.78, 5) is 28.8. The van der Waals surface area contributed by atoms with Crippen LogP contribution >= 0.6 is 0 Å². The van der Waals surface area contributed by atoms with Gasteiger partial charge in [0.15, 0.2) is 5.78 Å². The monoisotopic (exact) mass is 409 g/mol. The molecule has 0 aliphatic heterocycles. The van der Waals surface area contributed by atoms with Gasteiger partial charge in [-0.05, 0) is 36.8 Å². The maximum Gasteiger partial charge on any atom is 0.274 e. The number of rotatable bonds is 5. The summed E-state index contributed by atoms with van der Waals surface area (Å²) in [6.45, 7) is 2.15. The van der Waals surface area contributed by atoms with Crippen molar-refractivity contribution < 1.29 is 9.59 Å². The maximum absolute atomic E-state index is 13.0. The topological polar surface area (TPSA) is 81.3 Å². The van der Waals surface area contributed by atoms with E-state index in [4.69, 9.17) is 0 Å². The first-order chi connectivity index (χ1) is 15.1. The minimum absolute atomic E-state index is 0.0457. The number of amides is 1. The van der Waals surface area contributed by atoms with Crippen molar-refractivity contribution in [3.8, 4) is 0 Å². The van der Waals surface area contributed by atoms with E-state index in [0.717, 1.165) is 16.5 Å². The molecule has 7 heteroatoms. The van der Waals surface area contributed by atoms with Crippen LogP contribution in [0.5, 0.6) is 0 Å². The minimum Gasteiger partial charge on any atom is -0.320 e. The van der Waals surface area contributed by atoms with Crippen LogP contribution in [-0.4, -0.2) is 30.9 Å². The second-order valence-corrected chi connectivity index (χ2v) is 7.32. The van der Waals surface area contributed by atoms with Crippen molar-refractivity contribution in [1.82, 2.24) is 19.2 Å². The molecule has 0 radical (unpaired) electrons. The highest BCUT2D eigenvalue weighted by Crippen LogP contribution is 2.24. The summed E-state index contributed by atoms with van der Waals surface area (Å²) in [6.07, 6.45) is 4.96. The van der Waals surface area contributed by atoms with Gasteiger partial charge in [-0.2, -0.15) is 5.10 Å². The van der Waals surface area contributed by atoms with Gasteiger partial charge in [0.05, 0.1) is 30.1 Å². The Morgan fingerprint density at radius 2 is 1.84 bits per heavy atom. The number of Topliss-reactive ketones (excluding diaryl/α,β-unsaturated/α-hetero) is 1. The number of hydrogen-bond donors (Lipinski definition) is 1. The van der Waals surface area contributed by atoms with Gasteiger partial charge in [-0.3, -0.25) is 18.7 Å². The van der Waals surface area contributed by atoms with Gasteiger partial charge in [-0.15, -0.1) is 0 Å². The summed E-state index contributed by atoms with van der Waals surface area (Å²) in [5, 5.41) is 8.35. The molecule has 7 nitrogen and oxygen atoms in total. The molecule has 3 aromatic heterocycles. The zero-order chi connectivity index (χ0) is 21.4. The number of aromatic nitrogens is 4. The highest BCUT2D eigenvalue weighted by Gasteiger charge is 2.15. The van der Waals surface area contributed by atoms with Gasteiger partial charge >= 0.3 is 0 Å². The molecule has 0 bridgehead atoms. The van der Waals surface area contributed by atoms with Gasteiger partial charge in [0.2, 0.25) is 0 Å². The normalized spacial score (nSPS) is 11.1. The van der Waals surface area contributed by atoms with Crippen molar-refractivity contribution in [2.45, 2.75) is 13.5 Å². The van der Waals surface area contributed by atoms with Crippen LogP contribution < -0.4 is 5.32 Å². The Morgan fingerprint density at radius 1 is 1.00 bits per heavy atom. The fourth-order valence-electron chi connectivity index (χ4n) is 3.65. The third-order valence-electron chi connectivity index (χ3n) is 5.26. The lowest BCUT2D eigenvalue weighted by Gasteiger charge is -2.08. The molecule has 0 aliphatic rings. The van der Waals surface area contributed by atoms with E-state index in [9.17, 15) is 9.59 Å². The quantitative estimate of drug-likeness (QED) is 0.442. The maximum atomic E-state index is 13.0. The molecule has 1 N–H and O–H groups in total. The number of benzene rings is 2. The van der Waals surface area contributed by atoms with Crippen molar-refractivity contribution in [1.29, 1.82) is 0 Å². The van der Waals surface area contributed by atoms with Crippen LogP contribution in [0.25, 0.3) is 16.6 Å². The highest BCUT2D eigenvalue weighted by molar-refractivity contribution is 6.08. The van der Waals surface area contributed by atoms with Crippen molar-refractivity contribution in [2.75, 3.05) is 5.32 Å². The second-order valence-electron chi connectivity index (χ2n) is 7.32. The average Bonchev–Trinajstić information content (AvgIpc) is 3.39. The van der Waals surface area contributed by atoms with Crippen molar-refractivity contribution >= 4 is 33.9 Å². The standard InChI is InChI=1S/C24H19N5O2/c1-16(30)18-10-11-28-22(14-25-23(28)12-18)24(31)27-20-8-5-9-21-19(20)13-26-29(21)15-17-6-3-2-4-7-17/h2-14H,15H2,1H3,(H,27,31). The molecule has 152 valence electrons. The third kappa shape index (κ3) is 3.46. The molecule has 1 amide bonds. The molecule has 5 aromatic rings. The first-order valence-electron chi connectivity index (χ1n) is 9.88. The van der Waals surface area contributed by atoms with E-state index >= 15 is 0 Å². The van der Waals surface area contributed by atoms with Gasteiger partial charge in [-0.25, -0.2) is 4.98 Å². The summed E-state index contributed by atoms with van der Waals surface area (Å²) in [6, 6.07) is 19.2. The number of carbonyl (C=O) groups excluding carboxylic acids is 2. The molecule has 31 heavy (non-hydrogen) atoms. The van der Waals surface area contributed by atoms with Gasteiger partial charge < -0.3 is 5.32 Å². The van der Waals surface area contributed by atoms with Crippen LogP contribution in [0.3, 0.4) is 0 Å². The van der Waals surface area contributed by atoms with E-state index in [2.05, 4.69) is 27.5 Å². The lowest BCUT2D eigenvalue weighted by molar-refractivity contribution is 0.101. The fourth-order valence-corrected chi connectivity index (χ4v) is 3.65. The first-order valence-corrected chi connectivity index (χ1v) is 9.88. The predicted molar refractivity (Wildman–Crippen MR) is 118 cm³/mol. The number of anilines is 1. The van der Waals surface area contributed by atoms with E-state index in [1.165, 1.54) is 13.1 Å². The highest BCUT2D eigenvalue weighted by atomic mass is 16.2. The number of carbonyl (C=O) groups is 2. The van der Waals surface area contributed by atoms with Crippen LogP contribution in [0, 0.1) is 0 Å². The van der Waals surface area contributed by atoms with Crippen molar-refractivity contribution in [3.05, 3.63) is 96.1 Å². The lowest BCUT2D eigenvalue weighted by atomic mass is 10.2. The molecule has 0 saturated carbocycles. The largest absolute Gasteiger partial charge is 0.320 e. The van der Waals surface area contributed by atoms with E-state index in [-0.39, 0.29) is 11.7 Å². The Hall–Kier alpha value is -4.26. The molecule has 0 saturated heterocycles. The van der Waals surface area contributed by atoms with Crippen LogP contribution in [0.15, 0.2) is 79.3 Å². The zero-order valence-corrected chi connectivity index (χ0v) is 16.8. The van der Waals surface area contributed by atoms with E-state index in [1.807, 2.05) is 41.1 Å². The molecule has 0 atom stereocenters. The lowest BCUT2D eigenvalue weighted by Crippen LogP contribution is -2.14. The Bertz CT molecular complexity index is 1430. The number of nitrogens with zero attached hydrogens (tertiary/aromatic N) is 4. The Balaban J connectivity index is 1.45. The van der Waals surface area contributed by atoms with Crippen molar-refractivity contribution in [2.24, 2.45) is 0 Å². The molecule has 2 aromatic carbocycles. The summed E-state index contributed by atoms with van der Waals surface area (Å²) in [5.41, 5.74) is 4.26. The number of pyridine rings is 1. The fraction of sp³-hybridized carbons (Fsp3) is 0.0833. The Kier molecular flexibility index (Phi) is 4.55. The smallest absolute Gasteiger partial charge is 0.274 e. The average molecular weight is 409 g/mol. The van der Waals surface area contributed by atoms with Crippen LogP contribution in [0.2, 0.25) is 0 Å². The number of ketones is 1. The summed E-state index contributed by atoms with van der Waals surface area (Å²) < 4.78 is 3.58. The van der Waals surface area contributed by atoms with Crippen molar-refractivity contribution in [3.63, 3.8) is 0 Å². The summed E-state index contributed by atoms with van der Waals surface area (Å²) >= 11 is 0. The first kappa shape index (κ1) is 18.7. The number of fused-ring (bicyclic) bond motifs is 2. The van der Waals surface area contributed by atoms with Gasteiger partial charge in [-0.1, -0.05) is 36.4 Å². The molecule has 0 aliphatic carbocycles. The molecule has 0 unspecified atom stereocenters.